The lowest BCUT2D eigenvalue weighted by molar-refractivity contribution is -0.132. The molecule has 8 nitrogen and oxygen atoms in total. The van der Waals surface area contributed by atoms with Gasteiger partial charge in [-0.1, -0.05) is 11.6 Å². The second-order valence-electron chi connectivity index (χ2n) is 5.16. The van der Waals surface area contributed by atoms with Gasteiger partial charge in [0.05, 0.1) is 26.4 Å². The zero-order chi connectivity index (χ0) is 20.0. The van der Waals surface area contributed by atoms with Crippen LogP contribution < -0.4 is 14.9 Å². The Morgan fingerprint density at radius 1 is 1.00 bits per heavy atom. The predicted octanol–water partition coefficient (Wildman–Crippen LogP) is 2.37. The van der Waals surface area contributed by atoms with Crippen molar-refractivity contribution in [2.75, 3.05) is 21.3 Å². The molecular weight excluding hydrogens is 376 g/mol. The van der Waals surface area contributed by atoms with Gasteiger partial charge in [-0.3, -0.25) is 4.79 Å². The van der Waals surface area contributed by atoms with Crippen LogP contribution in [0.15, 0.2) is 41.5 Å². The lowest BCUT2D eigenvalue weighted by atomic mass is 10.1. The molecule has 0 unspecified atom stereocenters. The van der Waals surface area contributed by atoms with E-state index in [0.717, 1.165) is 0 Å². The molecular formula is C18H17ClN2O6. The van der Waals surface area contributed by atoms with Crippen molar-refractivity contribution >= 4 is 29.2 Å². The van der Waals surface area contributed by atoms with Gasteiger partial charge in [0, 0.05) is 17.2 Å². The molecule has 0 heterocycles. The fourth-order valence-electron chi connectivity index (χ4n) is 2.09. The van der Waals surface area contributed by atoms with E-state index < -0.39 is 11.9 Å². The quantitative estimate of drug-likeness (QED) is 0.444. The number of carbonyl (C=O) groups is 2. The average molecular weight is 393 g/mol. The maximum atomic E-state index is 12.2. The number of halogens is 1. The Balaban J connectivity index is 2.37. The van der Waals surface area contributed by atoms with E-state index in [4.69, 9.17) is 25.8 Å². The normalized spacial score (nSPS) is 10.9. The van der Waals surface area contributed by atoms with Gasteiger partial charge in [-0.15, -0.1) is 0 Å². The molecule has 2 aromatic rings. The molecule has 9 heteroatoms. The number of hydrogen-bond donors (Lipinski definition) is 2. The lowest BCUT2D eigenvalue weighted by Gasteiger charge is -2.10. The van der Waals surface area contributed by atoms with E-state index in [1.165, 1.54) is 39.5 Å². The summed E-state index contributed by atoms with van der Waals surface area (Å²) in [6, 6.07) is 8.61. The minimum Gasteiger partial charge on any atom is -0.506 e. The molecule has 0 radical (unpaired) electrons. The number of hydrazone groups is 1. The number of methoxy groups -OCH3 is 3. The number of benzene rings is 2. The third-order valence-electron chi connectivity index (χ3n) is 3.48. The van der Waals surface area contributed by atoms with Crippen LogP contribution in [0.3, 0.4) is 0 Å². The molecule has 0 saturated carbocycles. The van der Waals surface area contributed by atoms with Gasteiger partial charge >= 0.3 is 5.97 Å². The van der Waals surface area contributed by atoms with E-state index in [1.54, 1.807) is 18.2 Å². The number of hydrogen-bond acceptors (Lipinski definition) is 7. The summed E-state index contributed by atoms with van der Waals surface area (Å²) in [7, 11) is 4.12. The number of esters is 1. The third kappa shape index (κ3) is 4.89. The SMILES string of the molecule is COC(=O)/C(=N\NC(=O)c1ccc(O)c(Cl)c1)c1cc(OC)cc(OC)c1. The molecule has 142 valence electrons. The number of nitrogens with one attached hydrogen (secondary N) is 1. The minimum atomic E-state index is -0.769. The molecule has 0 fully saturated rings. The molecule has 1 amide bonds. The van der Waals surface area contributed by atoms with Crippen LogP contribution in [0, 0.1) is 0 Å². The van der Waals surface area contributed by atoms with Crippen LogP contribution in [0.5, 0.6) is 17.2 Å². The minimum absolute atomic E-state index is 0.0114. The van der Waals surface area contributed by atoms with Gasteiger partial charge < -0.3 is 19.3 Å². The molecule has 2 N–H and O–H groups in total. The molecule has 27 heavy (non-hydrogen) atoms. The number of nitrogens with zero attached hydrogens (tertiary/aromatic N) is 1. The van der Waals surface area contributed by atoms with Crippen molar-refractivity contribution in [1.82, 2.24) is 5.43 Å². The fraction of sp³-hybridized carbons (Fsp3) is 0.167. The number of carbonyl (C=O) groups excluding carboxylic acids is 2. The summed E-state index contributed by atoms with van der Waals surface area (Å²) in [6.07, 6.45) is 0. The Kier molecular flexibility index (Phi) is 6.62. The maximum absolute atomic E-state index is 12.2. The third-order valence-corrected chi connectivity index (χ3v) is 3.79. The summed E-state index contributed by atoms with van der Waals surface area (Å²) in [5.41, 5.74) is 2.57. The second-order valence-corrected chi connectivity index (χ2v) is 5.57. The van der Waals surface area contributed by atoms with E-state index >= 15 is 0 Å². The van der Waals surface area contributed by atoms with Gasteiger partial charge in [0.1, 0.15) is 17.2 Å². The summed E-state index contributed by atoms with van der Waals surface area (Å²) in [4.78, 5) is 24.4. The summed E-state index contributed by atoms with van der Waals surface area (Å²) in [5.74, 6) is -0.701. The van der Waals surface area contributed by atoms with Crippen molar-refractivity contribution in [2.45, 2.75) is 0 Å². The Morgan fingerprint density at radius 2 is 1.63 bits per heavy atom. The van der Waals surface area contributed by atoms with Crippen LogP contribution >= 0.6 is 11.6 Å². The summed E-state index contributed by atoms with van der Waals surface area (Å²) in [6.45, 7) is 0. The van der Waals surface area contributed by atoms with Crippen molar-refractivity contribution in [1.29, 1.82) is 0 Å². The van der Waals surface area contributed by atoms with Gasteiger partial charge in [-0.25, -0.2) is 10.2 Å². The van der Waals surface area contributed by atoms with Gasteiger partial charge in [0.25, 0.3) is 5.91 Å². The first-order valence-corrected chi connectivity index (χ1v) is 7.95. The standard InChI is InChI=1S/C18H17ClN2O6/c1-25-12-6-11(7-13(9-12)26-2)16(18(24)27-3)20-21-17(23)10-4-5-15(22)14(19)8-10/h4-9,22H,1-3H3,(H,21,23)/b20-16-. The molecule has 0 spiro atoms. The Labute approximate surface area is 160 Å². The van der Waals surface area contributed by atoms with Crippen LogP contribution in [0.25, 0.3) is 0 Å². The van der Waals surface area contributed by atoms with Crippen LogP contribution in [-0.2, 0) is 9.53 Å². The molecule has 0 aliphatic carbocycles. The summed E-state index contributed by atoms with van der Waals surface area (Å²) < 4.78 is 15.1. The maximum Gasteiger partial charge on any atom is 0.359 e. The zero-order valence-corrected chi connectivity index (χ0v) is 15.5. The largest absolute Gasteiger partial charge is 0.506 e. The number of amides is 1. The number of aromatic hydroxyl groups is 1. The van der Waals surface area contributed by atoms with E-state index in [9.17, 15) is 14.7 Å². The Morgan fingerprint density at radius 3 is 2.15 bits per heavy atom. The molecule has 0 bridgehead atoms. The van der Waals surface area contributed by atoms with Gasteiger partial charge in [0.15, 0.2) is 5.71 Å². The Hall–Kier alpha value is -3.26. The van der Waals surface area contributed by atoms with Gasteiger partial charge in [-0.05, 0) is 30.3 Å². The first kappa shape index (κ1) is 20.1. The summed E-state index contributed by atoms with van der Waals surface area (Å²) in [5, 5.41) is 13.3. The molecule has 0 aromatic heterocycles. The van der Waals surface area contributed by atoms with Crippen LogP contribution in [0.1, 0.15) is 15.9 Å². The zero-order valence-electron chi connectivity index (χ0n) is 14.8. The topological polar surface area (TPSA) is 106 Å². The van der Waals surface area contributed by atoms with Gasteiger partial charge in [-0.2, -0.15) is 5.10 Å². The summed E-state index contributed by atoms with van der Waals surface area (Å²) >= 11 is 5.79. The Bertz CT molecular complexity index is 875. The molecule has 2 aromatic carbocycles. The molecule has 0 aliphatic heterocycles. The van der Waals surface area contributed by atoms with E-state index in [1.807, 2.05) is 0 Å². The van der Waals surface area contributed by atoms with Crippen LogP contribution in [-0.4, -0.2) is 44.0 Å². The fourth-order valence-corrected chi connectivity index (χ4v) is 2.27. The highest BCUT2D eigenvalue weighted by Gasteiger charge is 2.18. The van der Waals surface area contributed by atoms with E-state index in [0.29, 0.717) is 17.1 Å². The monoisotopic (exact) mass is 392 g/mol. The van der Waals surface area contributed by atoms with E-state index in [-0.39, 0.29) is 22.0 Å². The average Bonchev–Trinajstić information content (AvgIpc) is 2.69. The van der Waals surface area contributed by atoms with Crippen molar-refractivity contribution in [3.05, 3.63) is 52.5 Å². The number of rotatable bonds is 6. The number of phenols is 1. The van der Waals surface area contributed by atoms with Crippen LogP contribution in [0.2, 0.25) is 5.02 Å². The van der Waals surface area contributed by atoms with Gasteiger partial charge in [0.2, 0.25) is 0 Å². The van der Waals surface area contributed by atoms with Crippen molar-refractivity contribution < 1.29 is 28.9 Å². The molecule has 2 rings (SSSR count). The molecule has 0 atom stereocenters. The van der Waals surface area contributed by atoms with Crippen molar-refractivity contribution in [2.24, 2.45) is 5.10 Å². The van der Waals surface area contributed by atoms with Crippen molar-refractivity contribution in [3.8, 4) is 17.2 Å². The number of ether oxygens (including phenoxy) is 3. The first-order chi connectivity index (χ1) is 12.9. The van der Waals surface area contributed by atoms with Crippen LogP contribution in [0.4, 0.5) is 0 Å². The highest BCUT2D eigenvalue weighted by Crippen LogP contribution is 2.24. The first-order valence-electron chi connectivity index (χ1n) is 7.58. The second kappa shape index (κ2) is 8.91. The van der Waals surface area contributed by atoms with Crippen molar-refractivity contribution in [3.63, 3.8) is 0 Å². The predicted molar refractivity (Wildman–Crippen MR) is 98.7 cm³/mol. The molecule has 0 saturated heterocycles. The molecule has 0 aliphatic rings. The highest BCUT2D eigenvalue weighted by atomic mass is 35.5. The highest BCUT2D eigenvalue weighted by molar-refractivity contribution is 6.43. The van der Waals surface area contributed by atoms with E-state index in [2.05, 4.69) is 10.5 Å². The number of phenolic OH excluding ortho intramolecular Hbond substituents is 1. The lowest BCUT2D eigenvalue weighted by Crippen LogP contribution is -2.25. The smallest absolute Gasteiger partial charge is 0.359 e.